The number of halogens is 1. The third kappa shape index (κ3) is 2.99. The number of anilines is 1. The van der Waals surface area contributed by atoms with E-state index in [1.807, 2.05) is 12.1 Å². The van der Waals surface area contributed by atoms with Gasteiger partial charge >= 0.3 is 0 Å². The number of alkyl halides is 1. The van der Waals surface area contributed by atoms with Crippen molar-refractivity contribution in [3.05, 3.63) is 35.9 Å². The van der Waals surface area contributed by atoms with Crippen LogP contribution in [0.1, 0.15) is 18.4 Å². The van der Waals surface area contributed by atoms with E-state index in [0.717, 1.165) is 28.8 Å². The van der Waals surface area contributed by atoms with Crippen molar-refractivity contribution in [2.45, 2.75) is 24.8 Å². The molecule has 0 radical (unpaired) electrons. The first-order valence-electron chi connectivity index (χ1n) is 7.55. The molecule has 4 heteroatoms. The lowest BCUT2D eigenvalue weighted by Crippen LogP contribution is -2.37. The number of pyridine rings is 1. The standard InChI is InChI=1S/C17H22ClN3/c1-20-9-5-7-15(20)12-21(2)17-14(11-18)10-13-6-3-4-8-16(13)19-17/h3-4,6,8,10,15H,5,7,9,11-12H2,1-2H3. The summed E-state index contributed by atoms with van der Waals surface area (Å²) >= 11 is 6.14. The fourth-order valence-electron chi connectivity index (χ4n) is 3.19. The van der Waals surface area contributed by atoms with Crippen LogP contribution in [0.5, 0.6) is 0 Å². The van der Waals surface area contributed by atoms with Crippen LogP contribution < -0.4 is 4.90 Å². The fourth-order valence-corrected chi connectivity index (χ4v) is 3.39. The molecular formula is C17H22ClN3. The molecule has 0 saturated carbocycles. The Kier molecular flexibility index (Phi) is 4.32. The summed E-state index contributed by atoms with van der Waals surface area (Å²) < 4.78 is 0. The molecule has 3 rings (SSSR count). The smallest absolute Gasteiger partial charge is 0.133 e. The van der Waals surface area contributed by atoms with Crippen LogP contribution in [0.2, 0.25) is 0 Å². The second kappa shape index (κ2) is 6.20. The molecule has 0 spiro atoms. The number of benzene rings is 1. The third-order valence-corrected chi connectivity index (χ3v) is 4.73. The number of rotatable bonds is 4. The highest BCUT2D eigenvalue weighted by molar-refractivity contribution is 6.17. The first-order valence-corrected chi connectivity index (χ1v) is 8.08. The Hall–Kier alpha value is -1.32. The highest BCUT2D eigenvalue weighted by Crippen LogP contribution is 2.26. The molecule has 1 fully saturated rings. The summed E-state index contributed by atoms with van der Waals surface area (Å²) in [6.45, 7) is 2.21. The molecule has 2 aromatic rings. The van der Waals surface area contributed by atoms with Crippen LogP contribution in [-0.4, -0.2) is 43.1 Å². The lowest BCUT2D eigenvalue weighted by molar-refractivity contribution is 0.314. The molecule has 1 aliphatic rings. The van der Waals surface area contributed by atoms with E-state index in [0.29, 0.717) is 11.9 Å². The average molecular weight is 304 g/mol. The minimum Gasteiger partial charge on any atom is -0.358 e. The molecule has 3 nitrogen and oxygen atoms in total. The molecule has 1 aliphatic heterocycles. The van der Waals surface area contributed by atoms with E-state index in [1.54, 1.807) is 0 Å². The molecule has 2 heterocycles. The van der Waals surface area contributed by atoms with Gasteiger partial charge in [-0.1, -0.05) is 18.2 Å². The van der Waals surface area contributed by atoms with E-state index in [4.69, 9.17) is 16.6 Å². The molecule has 0 N–H and O–H groups in total. The van der Waals surface area contributed by atoms with E-state index in [9.17, 15) is 0 Å². The average Bonchev–Trinajstić information content (AvgIpc) is 2.91. The minimum absolute atomic E-state index is 0.498. The first kappa shape index (κ1) is 14.6. The number of fused-ring (bicyclic) bond motifs is 1. The van der Waals surface area contributed by atoms with Gasteiger partial charge in [-0.15, -0.1) is 11.6 Å². The zero-order valence-electron chi connectivity index (χ0n) is 12.7. The highest BCUT2D eigenvalue weighted by atomic mass is 35.5. The zero-order chi connectivity index (χ0) is 14.8. The molecule has 21 heavy (non-hydrogen) atoms. The van der Waals surface area contributed by atoms with Crippen molar-refractivity contribution >= 4 is 28.3 Å². The van der Waals surface area contributed by atoms with Crippen LogP contribution in [0, 0.1) is 0 Å². The molecule has 1 aromatic heterocycles. The predicted octanol–water partition coefficient (Wildman–Crippen LogP) is 3.50. The lowest BCUT2D eigenvalue weighted by Gasteiger charge is -2.28. The molecule has 1 atom stereocenters. The number of para-hydroxylation sites is 1. The number of nitrogens with zero attached hydrogens (tertiary/aromatic N) is 3. The van der Waals surface area contributed by atoms with Crippen molar-refractivity contribution in [2.75, 3.05) is 32.1 Å². The maximum atomic E-state index is 6.14. The number of likely N-dealkylation sites (N-methyl/N-ethyl adjacent to an activating group) is 2. The fraction of sp³-hybridized carbons (Fsp3) is 0.471. The summed E-state index contributed by atoms with van der Waals surface area (Å²) in [5, 5.41) is 1.16. The van der Waals surface area contributed by atoms with Gasteiger partial charge in [0, 0.05) is 30.6 Å². The lowest BCUT2D eigenvalue weighted by atomic mass is 10.1. The van der Waals surface area contributed by atoms with Crippen molar-refractivity contribution < 1.29 is 0 Å². The van der Waals surface area contributed by atoms with Crippen molar-refractivity contribution in [1.29, 1.82) is 0 Å². The Morgan fingerprint density at radius 1 is 1.38 bits per heavy atom. The second-order valence-electron chi connectivity index (χ2n) is 5.95. The number of likely N-dealkylation sites (tertiary alicyclic amines) is 1. The van der Waals surface area contributed by atoms with Crippen molar-refractivity contribution in [1.82, 2.24) is 9.88 Å². The quantitative estimate of drug-likeness (QED) is 0.806. The Balaban J connectivity index is 1.90. The van der Waals surface area contributed by atoms with E-state index in [2.05, 4.69) is 42.1 Å². The first-order chi connectivity index (χ1) is 10.2. The van der Waals surface area contributed by atoms with Crippen LogP contribution in [0.15, 0.2) is 30.3 Å². The topological polar surface area (TPSA) is 19.4 Å². The molecule has 0 aliphatic carbocycles. The molecule has 112 valence electrons. The highest BCUT2D eigenvalue weighted by Gasteiger charge is 2.23. The maximum Gasteiger partial charge on any atom is 0.133 e. The Bertz CT molecular complexity index is 628. The van der Waals surface area contributed by atoms with Gasteiger partial charge in [0.15, 0.2) is 0 Å². The van der Waals surface area contributed by atoms with Gasteiger partial charge in [-0.05, 0) is 38.6 Å². The number of hydrogen-bond donors (Lipinski definition) is 0. The Labute approximate surface area is 131 Å². The number of hydrogen-bond acceptors (Lipinski definition) is 3. The summed E-state index contributed by atoms with van der Waals surface area (Å²) in [6, 6.07) is 11.0. The van der Waals surface area contributed by atoms with Crippen LogP contribution in [-0.2, 0) is 5.88 Å². The normalized spacial score (nSPS) is 19.3. The summed E-state index contributed by atoms with van der Waals surface area (Å²) in [4.78, 5) is 9.54. The monoisotopic (exact) mass is 303 g/mol. The van der Waals surface area contributed by atoms with E-state index >= 15 is 0 Å². The van der Waals surface area contributed by atoms with Crippen LogP contribution in [0.25, 0.3) is 10.9 Å². The van der Waals surface area contributed by atoms with Gasteiger partial charge in [0.2, 0.25) is 0 Å². The Morgan fingerprint density at radius 3 is 2.90 bits per heavy atom. The molecule has 1 unspecified atom stereocenters. The molecule has 1 aromatic carbocycles. The molecule has 0 amide bonds. The largest absolute Gasteiger partial charge is 0.358 e. The van der Waals surface area contributed by atoms with E-state index in [1.165, 1.54) is 19.4 Å². The van der Waals surface area contributed by atoms with Gasteiger partial charge in [0.1, 0.15) is 5.82 Å². The Morgan fingerprint density at radius 2 is 2.19 bits per heavy atom. The van der Waals surface area contributed by atoms with Gasteiger partial charge < -0.3 is 9.80 Å². The third-order valence-electron chi connectivity index (χ3n) is 4.44. The van der Waals surface area contributed by atoms with Gasteiger partial charge in [0.05, 0.1) is 11.4 Å². The summed E-state index contributed by atoms with van der Waals surface area (Å²) in [5.41, 5.74) is 2.14. The van der Waals surface area contributed by atoms with Gasteiger partial charge in [-0.3, -0.25) is 0 Å². The van der Waals surface area contributed by atoms with Crippen molar-refractivity contribution in [3.63, 3.8) is 0 Å². The van der Waals surface area contributed by atoms with Crippen LogP contribution >= 0.6 is 11.6 Å². The van der Waals surface area contributed by atoms with Crippen LogP contribution in [0.4, 0.5) is 5.82 Å². The number of aromatic nitrogens is 1. The summed E-state index contributed by atoms with van der Waals surface area (Å²) in [7, 11) is 4.33. The van der Waals surface area contributed by atoms with Gasteiger partial charge in [-0.2, -0.15) is 0 Å². The van der Waals surface area contributed by atoms with Crippen LogP contribution in [0.3, 0.4) is 0 Å². The predicted molar refractivity (Wildman–Crippen MR) is 90.2 cm³/mol. The van der Waals surface area contributed by atoms with Crippen molar-refractivity contribution in [2.24, 2.45) is 0 Å². The van der Waals surface area contributed by atoms with Gasteiger partial charge in [0.25, 0.3) is 0 Å². The molecular weight excluding hydrogens is 282 g/mol. The summed E-state index contributed by atoms with van der Waals surface area (Å²) in [5.74, 6) is 1.52. The van der Waals surface area contributed by atoms with Crippen molar-refractivity contribution in [3.8, 4) is 0 Å². The summed E-state index contributed by atoms with van der Waals surface area (Å²) in [6.07, 6.45) is 2.56. The van der Waals surface area contributed by atoms with Gasteiger partial charge in [-0.25, -0.2) is 4.98 Å². The second-order valence-corrected chi connectivity index (χ2v) is 6.22. The SMILES string of the molecule is CN(CC1CCCN1C)c1nc2ccccc2cc1CCl. The van der Waals surface area contributed by atoms with E-state index < -0.39 is 0 Å². The minimum atomic E-state index is 0.498. The zero-order valence-corrected chi connectivity index (χ0v) is 13.5. The molecule has 0 bridgehead atoms. The molecule has 1 saturated heterocycles. The maximum absolute atomic E-state index is 6.14. The van der Waals surface area contributed by atoms with E-state index in [-0.39, 0.29) is 0 Å².